The van der Waals surface area contributed by atoms with Crippen LogP contribution in [0, 0.1) is 23.7 Å². The highest BCUT2D eigenvalue weighted by Gasteiger charge is 2.59. The minimum atomic E-state index is -0.220. The molecule has 1 saturated carbocycles. The molecule has 2 aromatic rings. The van der Waals surface area contributed by atoms with E-state index in [-0.39, 0.29) is 35.5 Å². The van der Waals surface area contributed by atoms with Crippen LogP contribution in [-0.4, -0.2) is 30.1 Å². The molecule has 0 spiro atoms. The maximum atomic E-state index is 12.7. The van der Waals surface area contributed by atoms with Crippen molar-refractivity contribution in [3.8, 4) is 5.75 Å². The molecule has 2 aliphatic carbocycles. The molecule has 5 heteroatoms. The Hall–Kier alpha value is -2.95. The summed E-state index contributed by atoms with van der Waals surface area (Å²) in [6.45, 7) is 0. The first kappa shape index (κ1) is 15.3. The molecule has 2 fully saturated rings. The van der Waals surface area contributed by atoms with Crippen LogP contribution in [0.1, 0.15) is 12.0 Å². The number of nitrogens with zero attached hydrogens (tertiary/aromatic N) is 2. The van der Waals surface area contributed by atoms with Gasteiger partial charge in [-0.3, -0.25) is 9.59 Å². The van der Waals surface area contributed by atoms with Crippen LogP contribution >= 0.6 is 0 Å². The fourth-order valence-electron chi connectivity index (χ4n) is 4.71. The fourth-order valence-corrected chi connectivity index (χ4v) is 4.71. The van der Waals surface area contributed by atoms with Crippen molar-refractivity contribution in [2.75, 3.05) is 7.11 Å². The van der Waals surface area contributed by atoms with E-state index in [1.165, 1.54) is 0 Å². The second kappa shape index (κ2) is 5.53. The van der Waals surface area contributed by atoms with Crippen LogP contribution < -0.4 is 4.74 Å². The molecule has 1 saturated heterocycles. The van der Waals surface area contributed by atoms with E-state index in [1.54, 1.807) is 13.3 Å². The van der Waals surface area contributed by atoms with Gasteiger partial charge in [0.05, 0.1) is 25.2 Å². The van der Waals surface area contributed by atoms with Crippen molar-refractivity contribution in [1.82, 2.24) is 5.01 Å². The number of imide groups is 1. The van der Waals surface area contributed by atoms with Crippen LogP contribution in [0.5, 0.6) is 5.75 Å². The second-order valence-corrected chi connectivity index (χ2v) is 7.14. The first-order valence-corrected chi connectivity index (χ1v) is 8.85. The molecule has 4 atom stereocenters. The molecule has 1 heterocycles. The topological polar surface area (TPSA) is 59.0 Å². The molecular weight excluding hydrogens is 328 g/mol. The van der Waals surface area contributed by atoms with E-state index in [1.807, 2.05) is 36.4 Å². The summed E-state index contributed by atoms with van der Waals surface area (Å²) in [7, 11) is 1.64. The van der Waals surface area contributed by atoms with E-state index < -0.39 is 0 Å². The van der Waals surface area contributed by atoms with Gasteiger partial charge in [0.2, 0.25) is 0 Å². The van der Waals surface area contributed by atoms with Crippen LogP contribution in [0.25, 0.3) is 10.8 Å². The van der Waals surface area contributed by atoms with Gasteiger partial charge in [0, 0.05) is 10.9 Å². The normalized spacial score (nSPS) is 29.3. The number of carbonyl (C=O) groups is 2. The Balaban J connectivity index is 1.49. The Morgan fingerprint density at radius 1 is 1.00 bits per heavy atom. The van der Waals surface area contributed by atoms with E-state index in [0.29, 0.717) is 0 Å². The van der Waals surface area contributed by atoms with Gasteiger partial charge < -0.3 is 4.74 Å². The molecule has 2 amide bonds. The SMILES string of the molecule is COc1ccc(C=NN2C(=O)[C@@H]3[C@H](C2=O)[C@H]2C=C[C@H]3C2)c2ccccc12. The Morgan fingerprint density at radius 2 is 1.65 bits per heavy atom. The zero-order valence-electron chi connectivity index (χ0n) is 14.3. The average Bonchev–Trinajstić information content (AvgIpc) is 3.34. The largest absolute Gasteiger partial charge is 0.496 e. The Labute approximate surface area is 150 Å². The van der Waals surface area contributed by atoms with Crippen molar-refractivity contribution in [2.45, 2.75) is 6.42 Å². The number of ether oxygens (including phenoxy) is 1. The average molecular weight is 346 g/mol. The number of rotatable bonds is 3. The van der Waals surface area contributed by atoms with E-state index in [9.17, 15) is 9.59 Å². The number of methoxy groups -OCH3 is 1. The summed E-state index contributed by atoms with van der Waals surface area (Å²) in [6.07, 6.45) is 6.70. The monoisotopic (exact) mass is 346 g/mol. The molecule has 0 N–H and O–H groups in total. The van der Waals surface area contributed by atoms with E-state index in [2.05, 4.69) is 17.3 Å². The molecule has 5 rings (SSSR count). The third-order valence-corrected chi connectivity index (χ3v) is 5.90. The molecule has 5 nitrogen and oxygen atoms in total. The number of fused-ring (bicyclic) bond motifs is 6. The molecule has 0 unspecified atom stereocenters. The van der Waals surface area contributed by atoms with Crippen LogP contribution in [-0.2, 0) is 9.59 Å². The summed E-state index contributed by atoms with van der Waals surface area (Å²) in [5, 5.41) is 7.30. The number of hydrogen-bond acceptors (Lipinski definition) is 4. The summed E-state index contributed by atoms with van der Waals surface area (Å²) < 4.78 is 5.41. The molecule has 0 aromatic heterocycles. The molecule has 3 aliphatic rings. The van der Waals surface area contributed by atoms with Crippen molar-refractivity contribution in [3.63, 3.8) is 0 Å². The third kappa shape index (κ3) is 2.00. The predicted octanol–water partition coefficient (Wildman–Crippen LogP) is 2.99. The summed E-state index contributed by atoms with van der Waals surface area (Å²) in [5.74, 6) is 0.413. The predicted molar refractivity (Wildman–Crippen MR) is 97.7 cm³/mol. The quantitative estimate of drug-likeness (QED) is 0.488. The molecule has 130 valence electrons. The van der Waals surface area contributed by atoms with Crippen molar-refractivity contribution in [2.24, 2.45) is 28.8 Å². The summed E-state index contributed by atoms with van der Waals surface area (Å²) >= 11 is 0. The van der Waals surface area contributed by atoms with E-state index in [4.69, 9.17) is 4.74 Å². The smallest absolute Gasteiger partial charge is 0.254 e. The Bertz CT molecular complexity index is 964. The van der Waals surface area contributed by atoms with Gasteiger partial charge in [0.25, 0.3) is 11.8 Å². The summed E-state index contributed by atoms with van der Waals surface area (Å²) in [4.78, 5) is 25.4. The van der Waals surface area contributed by atoms with Crippen molar-refractivity contribution >= 4 is 28.8 Å². The highest BCUT2D eigenvalue weighted by molar-refractivity contribution is 6.08. The Morgan fingerprint density at radius 3 is 2.31 bits per heavy atom. The summed E-state index contributed by atoms with van der Waals surface area (Å²) in [5.41, 5.74) is 0.847. The first-order valence-electron chi connectivity index (χ1n) is 8.85. The zero-order chi connectivity index (χ0) is 17.8. The van der Waals surface area contributed by atoms with Crippen LogP contribution in [0.3, 0.4) is 0 Å². The van der Waals surface area contributed by atoms with Gasteiger partial charge in [-0.05, 0) is 35.8 Å². The molecule has 1 aliphatic heterocycles. The maximum Gasteiger partial charge on any atom is 0.254 e. The molecular formula is C21H18N2O3. The van der Waals surface area contributed by atoms with Gasteiger partial charge in [0.15, 0.2) is 0 Å². The maximum absolute atomic E-state index is 12.7. The van der Waals surface area contributed by atoms with E-state index >= 15 is 0 Å². The Kier molecular flexibility index (Phi) is 3.26. The lowest BCUT2D eigenvalue weighted by Gasteiger charge is -2.13. The van der Waals surface area contributed by atoms with E-state index in [0.717, 1.165) is 33.5 Å². The first-order chi connectivity index (χ1) is 12.7. The van der Waals surface area contributed by atoms with Gasteiger partial charge >= 0.3 is 0 Å². The number of carbonyl (C=O) groups excluding carboxylic acids is 2. The van der Waals surface area contributed by atoms with Crippen molar-refractivity contribution < 1.29 is 14.3 Å². The van der Waals surface area contributed by atoms with Gasteiger partial charge in [-0.1, -0.05) is 36.4 Å². The molecule has 0 radical (unpaired) electrons. The fraction of sp³-hybridized carbons (Fsp3) is 0.286. The molecule has 2 bridgehead atoms. The van der Waals surface area contributed by atoms with Gasteiger partial charge in [-0.2, -0.15) is 10.1 Å². The lowest BCUT2D eigenvalue weighted by atomic mass is 9.85. The highest BCUT2D eigenvalue weighted by atomic mass is 16.5. The van der Waals surface area contributed by atoms with Crippen LogP contribution in [0.15, 0.2) is 53.7 Å². The summed E-state index contributed by atoms with van der Waals surface area (Å²) in [6, 6.07) is 11.6. The van der Waals surface area contributed by atoms with Crippen LogP contribution in [0.4, 0.5) is 0 Å². The number of benzene rings is 2. The molecule has 2 aromatic carbocycles. The minimum Gasteiger partial charge on any atom is -0.496 e. The number of amides is 2. The zero-order valence-corrected chi connectivity index (χ0v) is 14.3. The van der Waals surface area contributed by atoms with Gasteiger partial charge in [-0.25, -0.2) is 0 Å². The van der Waals surface area contributed by atoms with Crippen molar-refractivity contribution in [3.05, 3.63) is 54.1 Å². The number of hydrogen-bond donors (Lipinski definition) is 0. The van der Waals surface area contributed by atoms with Crippen LogP contribution in [0.2, 0.25) is 0 Å². The standard InChI is InChI=1S/C21H18N2O3/c1-26-17-9-8-14(15-4-2-3-5-16(15)17)11-22-23-20(24)18-12-6-7-13(10-12)19(18)21(23)25/h2-9,11-13,18-19H,10H2,1H3/t12-,13-,18-,19+/m0/s1. The van der Waals surface area contributed by atoms with Crippen molar-refractivity contribution in [1.29, 1.82) is 0 Å². The van der Waals surface area contributed by atoms with Gasteiger partial charge in [-0.15, -0.1) is 0 Å². The second-order valence-electron chi connectivity index (χ2n) is 7.14. The highest BCUT2D eigenvalue weighted by Crippen LogP contribution is 2.52. The number of hydrazone groups is 1. The third-order valence-electron chi connectivity index (χ3n) is 5.90. The number of allylic oxidation sites excluding steroid dienone is 2. The molecule has 26 heavy (non-hydrogen) atoms. The lowest BCUT2D eigenvalue weighted by molar-refractivity contribution is -0.140. The lowest BCUT2D eigenvalue weighted by Crippen LogP contribution is -2.28. The van der Waals surface area contributed by atoms with Gasteiger partial charge in [0.1, 0.15) is 5.75 Å². The minimum absolute atomic E-state index is 0.161.